The number of nitrogens with one attached hydrogen (secondary N) is 2. The van der Waals surface area contributed by atoms with E-state index in [0.29, 0.717) is 0 Å². The summed E-state index contributed by atoms with van der Waals surface area (Å²) in [5, 5.41) is 6.84. The molecule has 1 aliphatic rings. The highest BCUT2D eigenvalue weighted by Gasteiger charge is 2.14. The molecule has 0 radical (unpaired) electrons. The van der Waals surface area contributed by atoms with E-state index in [4.69, 9.17) is 0 Å². The van der Waals surface area contributed by atoms with Crippen LogP contribution in [-0.4, -0.2) is 16.5 Å². The molecule has 2 heterocycles. The van der Waals surface area contributed by atoms with Crippen molar-refractivity contribution in [2.75, 3.05) is 0 Å². The minimum absolute atomic E-state index is 1.06. The molecule has 0 saturated carbocycles. The number of aliphatic imine (C=N–C) groups is 1. The minimum Gasteiger partial charge on any atom is -0.231 e. The smallest absolute Gasteiger partial charge is 0.231 e. The van der Waals surface area contributed by atoms with Crippen LogP contribution in [0.3, 0.4) is 0 Å². The first kappa shape index (κ1) is 6.30. The monoisotopic (exact) mass is 149 g/mol. The molecule has 2 N–H and O–H groups in total. The molecule has 1 aliphatic heterocycles. The van der Waals surface area contributed by atoms with Crippen LogP contribution < -0.4 is 4.90 Å². The molecule has 4 heteroatoms. The molecule has 4 nitrogen and oxygen atoms in total. The molecule has 2 rings (SSSR count). The van der Waals surface area contributed by atoms with Gasteiger partial charge in [-0.05, 0) is 6.92 Å². The maximum absolute atomic E-state index is 3.97. The van der Waals surface area contributed by atoms with Gasteiger partial charge in [0, 0.05) is 0 Å². The quantitative estimate of drug-likeness (QED) is 0.568. The number of aryl methyl sites for hydroxylation is 1. The lowest BCUT2D eigenvalue weighted by atomic mass is 10.4. The topological polar surface area (TPSA) is 45.5 Å². The largest absolute Gasteiger partial charge is 0.235 e. The normalized spacial score (nSPS) is 21.4. The Bertz CT molecular complexity index is 298. The lowest BCUT2D eigenvalue weighted by molar-refractivity contribution is -0.658. The average Bonchev–Trinajstić information content (AvgIpc) is 2.55. The van der Waals surface area contributed by atoms with Crippen molar-refractivity contribution in [1.82, 2.24) is 10.2 Å². The first-order valence-electron chi connectivity index (χ1n) is 3.45. The van der Waals surface area contributed by atoms with E-state index in [1.807, 2.05) is 25.7 Å². The predicted molar refractivity (Wildman–Crippen MR) is 41.6 cm³/mol. The van der Waals surface area contributed by atoms with E-state index < -0.39 is 0 Å². The number of aromatic amines is 1. The Hall–Kier alpha value is -1.42. The fourth-order valence-corrected chi connectivity index (χ4v) is 1.08. The molecule has 0 amide bonds. The highest BCUT2D eigenvalue weighted by atomic mass is 15.3. The van der Waals surface area contributed by atoms with Gasteiger partial charge in [-0.1, -0.05) is 0 Å². The zero-order valence-corrected chi connectivity index (χ0v) is 6.20. The summed E-state index contributed by atoms with van der Waals surface area (Å²) < 4.78 is 0. The van der Waals surface area contributed by atoms with E-state index in [-0.39, 0.29) is 0 Å². The molecular weight excluding hydrogens is 140 g/mol. The van der Waals surface area contributed by atoms with Crippen molar-refractivity contribution < 1.29 is 4.90 Å². The van der Waals surface area contributed by atoms with Crippen LogP contribution in [0.5, 0.6) is 0 Å². The summed E-state index contributed by atoms with van der Waals surface area (Å²) in [5.74, 6) is 1.06. The van der Waals surface area contributed by atoms with Gasteiger partial charge in [-0.3, -0.25) is 0 Å². The second-order valence-corrected chi connectivity index (χ2v) is 2.48. The third-order valence-electron chi connectivity index (χ3n) is 1.67. The van der Waals surface area contributed by atoms with Crippen LogP contribution in [-0.2, 0) is 0 Å². The maximum Gasteiger partial charge on any atom is 0.235 e. The Morgan fingerprint density at radius 1 is 1.55 bits per heavy atom. The standard InChI is InChI=1S/C7H8N4/c1-6-4-9-10-7(6)11-3-2-8-5-11/h2-5H,1H3,(H,9,10)/p+1. The van der Waals surface area contributed by atoms with Crippen LogP contribution in [0.25, 0.3) is 0 Å². The van der Waals surface area contributed by atoms with Gasteiger partial charge in [0.1, 0.15) is 6.20 Å². The van der Waals surface area contributed by atoms with Crippen molar-refractivity contribution in [1.29, 1.82) is 0 Å². The van der Waals surface area contributed by atoms with E-state index in [2.05, 4.69) is 15.2 Å². The molecule has 1 unspecified atom stereocenters. The van der Waals surface area contributed by atoms with Crippen LogP contribution in [0.4, 0.5) is 5.82 Å². The van der Waals surface area contributed by atoms with Gasteiger partial charge in [0.15, 0.2) is 6.34 Å². The van der Waals surface area contributed by atoms with E-state index in [1.165, 1.54) is 0 Å². The first-order valence-corrected chi connectivity index (χ1v) is 3.45. The van der Waals surface area contributed by atoms with Crippen molar-refractivity contribution in [2.45, 2.75) is 6.92 Å². The number of hydrogen-bond acceptors (Lipinski definition) is 2. The number of rotatable bonds is 1. The summed E-state index contributed by atoms with van der Waals surface area (Å²) in [6.07, 6.45) is 7.36. The van der Waals surface area contributed by atoms with Crippen molar-refractivity contribution in [3.05, 3.63) is 24.2 Å². The van der Waals surface area contributed by atoms with Gasteiger partial charge in [-0.25, -0.2) is 15.0 Å². The first-order chi connectivity index (χ1) is 5.38. The number of H-pyrrole nitrogens is 1. The molecule has 0 saturated heterocycles. The fourth-order valence-electron chi connectivity index (χ4n) is 1.08. The summed E-state index contributed by atoms with van der Waals surface area (Å²) in [7, 11) is 0. The Kier molecular flexibility index (Phi) is 1.33. The summed E-state index contributed by atoms with van der Waals surface area (Å²) >= 11 is 0. The van der Waals surface area contributed by atoms with Gasteiger partial charge in [0.2, 0.25) is 5.82 Å². The van der Waals surface area contributed by atoms with E-state index >= 15 is 0 Å². The summed E-state index contributed by atoms with van der Waals surface area (Å²) in [4.78, 5) is 5.07. The second-order valence-electron chi connectivity index (χ2n) is 2.48. The van der Waals surface area contributed by atoms with Gasteiger partial charge in [-0.15, -0.1) is 0 Å². The molecule has 11 heavy (non-hydrogen) atoms. The van der Waals surface area contributed by atoms with Gasteiger partial charge < -0.3 is 0 Å². The SMILES string of the molecule is Cc1cn[nH]c1[NH+]1C=CN=C1. The summed E-state index contributed by atoms with van der Waals surface area (Å²) in [5.41, 5.74) is 1.15. The number of quaternary nitrogens is 1. The van der Waals surface area contributed by atoms with Gasteiger partial charge in [0.25, 0.3) is 0 Å². The van der Waals surface area contributed by atoms with Gasteiger partial charge in [-0.2, -0.15) is 5.10 Å². The highest BCUT2D eigenvalue weighted by molar-refractivity contribution is 5.52. The Balaban J connectivity index is 2.36. The molecule has 56 valence electrons. The molecule has 1 aromatic rings. The van der Waals surface area contributed by atoms with E-state index in [9.17, 15) is 0 Å². The molecule has 0 fully saturated rings. The van der Waals surface area contributed by atoms with Crippen molar-refractivity contribution in [2.24, 2.45) is 4.99 Å². The fraction of sp³-hybridized carbons (Fsp3) is 0.143. The van der Waals surface area contributed by atoms with Crippen LogP contribution in [0.2, 0.25) is 0 Å². The molecule has 0 aliphatic carbocycles. The van der Waals surface area contributed by atoms with Crippen molar-refractivity contribution >= 4 is 12.2 Å². The molecule has 1 atom stereocenters. The number of hydrogen-bond donors (Lipinski definition) is 2. The van der Waals surface area contributed by atoms with Crippen LogP contribution in [0, 0.1) is 6.92 Å². The molecule has 1 aromatic heterocycles. The third kappa shape index (κ3) is 0.969. The van der Waals surface area contributed by atoms with Crippen molar-refractivity contribution in [3.8, 4) is 0 Å². The van der Waals surface area contributed by atoms with Gasteiger partial charge in [0.05, 0.1) is 18.0 Å². The van der Waals surface area contributed by atoms with E-state index in [0.717, 1.165) is 16.3 Å². The molecule has 0 spiro atoms. The highest BCUT2D eigenvalue weighted by Crippen LogP contribution is 2.02. The number of aromatic nitrogens is 2. The Morgan fingerprint density at radius 2 is 2.45 bits per heavy atom. The minimum atomic E-state index is 1.06. The Labute approximate surface area is 64.2 Å². The Morgan fingerprint density at radius 3 is 3.00 bits per heavy atom. The molecule has 0 bridgehead atoms. The van der Waals surface area contributed by atoms with Crippen LogP contribution >= 0.6 is 0 Å². The molecular formula is C7H9N4+. The predicted octanol–water partition coefficient (Wildman–Crippen LogP) is -0.252. The number of nitrogens with zero attached hydrogens (tertiary/aromatic N) is 2. The third-order valence-corrected chi connectivity index (χ3v) is 1.67. The van der Waals surface area contributed by atoms with E-state index in [1.54, 1.807) is 6.20 Å². The van der Waals surface area contributed by atoms with Gasteiger partial charge >= 0.3 is 0 Å². The summed E-state index contributed by atoms with van der Waals surface area (Å²) in [6, 6.07) is 0. The second kappa shape index (κ2) is 2.32. The summed E-state index contributed by atoms with van der Waals surface area (Å²) in [6.45, 7) is 2.02. The van der Waals surface area contributed by atoms with Crippen molar-refractivity contribution in [3.63, 3.8) is 0 Å². The zero-order valence-electron chi connectivity index (χ0n) is 6.20. The maximum atomic E-state index is 3.97. The zero-order chi connectivity index (χ0) is 7.68. The van der Waals surface area contributed by atoms with Crippen LogP contribution in [0.1, 0.15) is 5.56 Å². The molecule has 0 aromatic carbocycles. The van der Waals surface area contributed by atoms with Crippen LogP contribution in [0.15, 0.2) is 23.6 Å². The average molecular weight is 149 g/mol. The lowest BCUT2D eigenvalue weighted by Gasteiger charge is -2.00. The lowest BCUT2D eigenvalue weighted by Crippen LogP contribution is -3.00.